The Morgan fingerprint density at radius 3 is 2.35 bits per heavy atom. The third-order valence-electron chi connectivity index (χ3n) is 3.21. The van der Waals surface area contributed by atoms with Crippen molar-refractivity contribution in [3.05, 3.63) is 71.0 Å². The van der Waals surface area contributed by atoms with E-state index in [2.05, 4.69) is 5.32 Å². The highest BCUT2D eigenvalue weighted by atomic mass is 19.1. The molecule has 0 bridgehead atoms. The van der Waals surface area contributed by atoms with Crippen LogP contribution in [0.5, 0.6) is 0 Å². The highest BCUT2D eigenvalue weighted by molar-refractivity contribution is 5.97. The SMILES string of the molecule is NC(=O)[C@H](Cc1ccccc1F)NC(=O)c1ccc(F)cc1F. The molecule has 2 aromatic carbocycles. The molecule has 7 heteroatoms. The zero-order valence-electron chi connectivity index (χ0n) is 11.9. The monoisotopic (exact) mass is 322 g/mol. The lowest BCUT2D eigenvalue weighted by Gasteiger charge is -2.16. The molecule has 0 spiro atoms. The maximum atomic E-state index is 13.6. The summed E-state index contributed by atoms with van der Waals surface area (Å²) in [6.07, 6.45) is -0.184. The van der Waals surface area contributed by atoms with E-state index >= 15 is 0 Å². The van der Waals surface area contributed by atoms with Gasteiger partial charge in [0.2, 0.25) is 5.91 Å². The van der Waals surface area contributed by atoms with Crippen molar-refractivity contribution < 1.29 is 22.8 Å². The highest BCUT2D eigenvalue weighted by Crippen LogP contribution is 2.12. The predicted octanol–water partition coefficient (Wildman–Crippen LogP) is 1.93. The molecule has 0 saturated carbocycles. The minimum absolute atomic E-state index is 0.177. The number of primary amides is 1. The number of nitrogens with two attached hydrogens (primary N) is 1. The summed E-state index contributed by atoms with van der Waals surface area (Å²) < 4.78 is 40.0. The molecule has 4 nitrogen and oxygen atoms in total. The van der Waals surface area contributed by atoms with Gasteiger partial charge in [0, 0.05) is 12.5 Å². The van der Waals surface area contributed by atoms with Gasteiger partial charge in [-0.3, -0.25) is 9.59 Å². The minimum Gasteiger partial charge on any atom is -0.368 e. The van der Waals surface area contributed by atoms with Crippen LogP contribution in [0.4, 0.5) is 13.2 Å². The van der Waals surface area contributed by atoms with Crippen molar-refractivity contribution in [3.63, 3.8) is 0 Å². The largest absolute Gasteiger partial charge is 0.368 e. The lowest BCUT2D eigenvalue weighted by atomic mass is 10.0. The minimum atomic E-state index is -1.23. The first kappa shape index (κ1) is 16.5. The Bertz CT molecular complexity index is 750. The van der Waals surface area contributed by atoms with Crippen LogP contribution < -0.4 is 11.1 Å². The molecule has 0 saturated heterocycles. The van der Waals surface area contributed by atoms with Crippen LogP contribution in [0.1, 0.15) is 15.9 Å². The van der Waals surface area contributed by atoms with Crippen molar-refractivity contribution in [1.29, 1.82) is 0 Å². The Balaban J connectivity index is 2.18. The molecule has 0 aliphatic carbocycles. The maximum Gasteiger partial charge on any atom is 0.254 e. The molecule has 0 fully saturated rings. The van der Waals surface area contributed by atoms with E-state index in [0.29, 0.717) is 6.07 Å². The molecule has 2 amide bonds. The predicted molar refractivity (Wildman–Crippen MR) is 76.9 cm³/mol. The summed E-state index contributed by atoms with van der Waals surface area (Å²) in [7, 11) is 0. The Kier molecular flexibility index (Phi) is 5.00. The van der Waals surface area contributed by atoms with Gasteiger partial charge in [0.15, 0.2) is 0 Å². The van der Waals surface area contributed by atoms with Crippen molar-refractivity contribution in [2.45, 2.75) is 12.5 Å². The van der Waals surface area contributed by atoms with Gasteiger partial charge in [-0.25, -0.2) is 13.2 Å². The van der Waals surface area contributed by atoms with Gasteiger partial charge in [-0.1, -0.05) is 18.2 Å². The Morgan fingerprint density at radius 1 is 1.04 bits per heavy atom. The van der Waals surface area contributed by atoms with E-state index < -0.39 is 40.9 Å². The quantitative estimate of drug-likeness (QED) is 0.883. The number of carbonyl (C=O) groups excluding carboxylic acids is 2. The molecule has 0 unspecified atom stereocenters. The molecule has 120 valence electrons. The van der Waals surface area contributed by atoms with E-state index in [9.17, 15) is 22.8 Å². The van der Waals surface area contributed by atoms with Crippen LogP contribution in [0.15, 0.2) is 42.5 Å². The van der Waals surface area contributed by atoms with E-state index in [4.69, 9.17) is 5.73 Å². The summed E-state index contributed by atoms with van der Waals surface area (Å²) in [6.45, 7) is 0. The fraction of sp³-hybridized carbons (Fsp3) is 0.125. The average molecular weight is 322 g/mol. The molecule has 0 aliphatic rings. The number of benzene rings is 2. The Labute approximate surface area is 130 Å². The summed E-state index contributed by atoms with van der Waals surface area (Å²) in [5, 5.41) is 2.23. The van der Waals surface area contributed by atoms with Crippen LogP contribution in [0.3, 0.4) is 0 Å². The zero-order valence-corrected chi connectivity index (χ0v) is 11.9. The summed E-state index contributed by atoms with van der Waals surface area (Å²) in [5.74, 6) is -4.30. The third kappa shape index (κ3) is 4.09. The first-order chi connectivity index (χ1) is 10.9. The standard InChI is InChI=1S/C16H13F3N2O2/c17-10-5-6-11(13(19)8-10)16(23)21-14(15(20)22)7-9-3-1-2-4-12(9)18/h1-6,8,14H,7H2,(H2,20,22)(H,21,23)/t14-/m0/s1. The van der Waals surface area contributed by atoms with Gasteiger partial charge in [0.25, 0.3) is 5.91 Å². The normalized spacial score (nSPS) is 11.8. The van der Waals surface area contributed by atoms with Crippen molar-refractivity contribution in [3.8, 4) is 0 Å². The summed E-state index contributed by atoms with van der Waals surface area (Å²) in [4.78, 5) is 23.4. The van der Waals surface area contributed by atoms with Crippen LogP contribution in [0.2, 0.25) is 0 Å². The van der Waals surface area contributed by atoms with Crippen LogP contribution >= 0.6 is 0 Å². The van der Waals surface area contributed by atoms with Crippen molar-refractivity contribution in [2.75, 3.05) is 0 Å². The number of hydrogen-bond donors (Lipinski definition) is 2. The van der Waals surface area contributed by atoms with Crippen LogP contribution in [-0.4, -0.2) is 17.9 Å². The van der Waals surface area contributed by atoms with Crippen LogP contribution in [0, 0.1) is 17.5 Å². The first-order valence-corrected chi connectivity index (χ1v) is 6.67. The Hall–Kier alpha value is -2.83. The topological polar surface area (TPSA) is 72.2 Å². The molecule has 2 rings (SSSR count). The van der Waals surface area contributed by atoms with Crippen molar-refractivity contribution in [2.24, 2.45) is 5.73 Å². The highest BCUT2D eigenvalue weighted by Gasteiger charge is 2.22. The molecule has 23 heavy (non-hydrogen) atoms. The second kappa shape index (κ2) is 6.95. The van der Waals surface area contributed by atoms with E-state index in [0.717, 1.165) is 12.1 Å². The van der Waals surface area contributed by atoms with Gasteiger partial charge >= 0.3 is 0 Å². The fourth-order valence-corrected chi connectivity index (χ4v) is 2.02. The second-order valence-electron chi connectivity index (χ2n) is 4.85. The van der Waals surface area contributed by atoms with Gasteiger partial charge in [-0.15, -0.1) is 0 Å². The van der Waals surface area contributed by atoms with E-state index in [1.54, 1.807) is 6.07 Å². The second-order valence-corrected chi connectivity index (χ2v) is 4.85. The molecule has 0 radical (unpaired) electrons. The first-order valence-electron chi connectivity index (χ1n) is 6.67. The van der Waals surface area contributed by atoms with Crippen molar-refractivity contribution in [1.82, 2.24) is 5.32 Å². The Morgan fingerprint density at radius 2 is 1.74 bits per heavy atom. The smallest absolute Gasteiger partial charge is 0.254 e. The third-order valence-corrected chi connectivity index (χ3v) is 3.21. The molecule has 0 aromatic heterocycles. The molecular formula is C16H13F3N2O2. The lowest BCUT2D eigenvalue weighted by Crippen LogP contribution is -2.46. The van der Waals surface area contributed by atoms with Gasteiger partial charge in [-0.05, 0) is 23.8 Å². The zero-order chi connectivity index (χ0) is 17.0. The molecule has 1 atom stereocenters. The van der Waals surface area contributed by atoms with Gasteiger partial charge in [0.1, 0.15) is 23.5 Å². The average Bonchev–Trinajstić information content (AvgIpc) is 2.48. The van der Waals surface area contributed by atoms with Gasteiger partial charge < -0.3 is 11.1 Å². The van der Waals surface area contributed by atoms with Gasteiger partial charge in [-0.2, -0.15) is 0 Å². The summed E-state index contributed by atoms with van der Waals surface area (Å²) in [5.41, 5.74) is 4.93. The summed E-state index contributed by atoms with van der Waals surface area (Å²) >= 11 is 0. The summed E-state index contributed by atoms with van der Waals surface area (Å²) in [6, 6.07) is 6.86. The van der Waals surface area contributed by atoms with E-state index in [-0.39, 0.29) is 12.0 Å². The molecule has 0 aliphatic heterocycles. The van der Waals surface area contributed by atoms with E-state index in [1.807, 2.05) is 0 Å². The molecule has 2 aromatic rings. The van der Waals surface area contributed by atoms with Crippen LogP contribution in [0.25, 0.3) is 0 Å². The lowest BCUT2D eigenvalue weighted by molar-refractivity contribution is -0.119. The number of amides is 2. The maximum absolute atomic E-state index is 13.6. The van der Waals surface area contributed by atoms with E-state index in [1.165, 1.54) is 18.2 Å². The van der Waals surface area contributed by atoms with Crippen molar-refractivity contribution >= 4 is 11.8 Å². The fourth-order valence-electron chi connectivity index (χ4n) is 2.02. The molecular weight excluding hydrogens is 309 g/mol. The number of rotatable bonds is 5. The number of nitrogens with one attached hydrogen (secondary N) is 1. The number of carbonyl (C=O) groups is 2. The molecule has 3 N–H and O–H groups in total. The number of hydrogen-bond acceptors (Lipinski definition) is 2. The van der Waals surface area contributed by atoms with Gasteiger partial charge in [0.05, 0.1) is 5.56 Å². The molecule has 0 heterocycles. The number of halogens is 3. The van der Waals surface area contributed by atoms with Crippen LogP contribution in [-0.2, 0) is 11.2 Å².